The van der Waals surface area contributed by atoms with Crippen molar-refractivity contribution in [2.24, 2.45) is 17.8 Å². The van der Waals surface area contributed by atoms with Gasteiger partial charge in [-0.2, -0.15) is 0 Å². The zero-order chi connectivity index (χ0) is 17.6. The molecule has 4 heteroatoms. The smallest absolute Gasteiger partial charge is 0.333 e. The van der Waals surface area contributed by atoms with Gasteiger partial charge in [-0.3, -0.25) is 0 Å². The van der Waals surface area contributed by atoms with E-state index in [1.165, 1.54) is 7.11 Å². The number of hydrogen-bond donors (Lipinski definition) is 0. The maximum atomic E-state index is 12.1. The van der Waals surface area contributed by atoms with Crippen LogP contribution in [0.25, 0.3) is 0 Å². The number of methoxy groups -OCH3 is 1. The third-order valence-corrected chi connectivity index (χ3v) is 5.99. The molecule has 0 amide bonds. The lowest BCUT2D eigenvalue weighted by Gasteiger charge is -2.55. The highest BCUT2D eigenvalue weighted by Gasteiger charge is 2.53. The summed E-state index contributed by atoms with van der Waals surface area (Å²) in [4.78, 5) is 12.1. The lowest BCUT2D eigenvalue weighted by atomic mass is 9.72. The minimum atomic E-state index is -0.404. The molecule has 2 rings (SSSR count). The van der Waals surface area contributed by atoms with Crippen LogP contribution in [0.4, 0.5) is 0 Å². The van der Waals surface area contributed by atoms with Gasteiger partial charge in [-0.05, 0) is 39.5 Å². The number of ether oxygens (including phenoxy) is 3. The average molecular weight is 324 g/mol. The average Bonchev–Trinajstić information content (AvgIpc) is 2.45. The molecule has 0 bridgehead atoms. The minimum absolute atomic E-state index is 0.0242. The van der Waals surface area contributed by atoms with E-state index in [2.05, 4.69) is 54.5 Å². The quantitative estimate of drug-likeness (QED) is 0.742. The zero-order valence-electron chi connectivity index (χ0n) is 15.8. The Morgan fingerprint density at radius 2 is 1.74 bits per heavy atom. The summed E-state index contributed by atoms with van der Waals surface area (Å²) in [6, 6.07) is 0. The lowest BCUT2D eigenvalue weighted by molar-refractivity contribution is -0.306. The van der Waals surface area contributed by atoms with Gasteiger partial charge in [0.15, 0.2) is 0 Å². The second-order valence-corrected chi connectivity index (χ2v) is 8.33. The standard InChI is InChI=1S/C19H32O4/c1-11(2)12(3)14-9-13(17(20)21-8)10-15-16(14)23-19(6,7)18(4,5)22-15/h9,11-12,14-16H,10H2,1-8H3/t12?,14-,15+,16+/m0/s1. The van der Waals surface area contributed by atoms with Gasteiger partial charge in [0.1, 0.15) is 0 Å². The van der Waals surface area contributed by atoms with E-state index in [-0.39, 0.29) is 29.7 Å². The molecular formula is C19H32O4. The van der Waals surface area contributed by atoms with Crippen LogP contribution in [-0.2, 0) is 19.0 Å². The van der Waals surface area contributed by atoms with Crippen molar-refractivity contribution < 1.29 is 19.0 Å². The number of esters is 1. The highest BCUT2D eigenvalue weighted by Crippen LogP contribution is 2.46. The van der Waals surface area contributed by atoms with Gasteiger partial charge in [-0.15, -0.1) is 0 Å². The van der Waals surface area contributed by atoms with Crippen LogP contribution in [0.1, 0.15) is 54.9 Å². The monoisotopic (exact) mass is 324 g/mol. The predicted molar refractivity (Wildman–Crippen MR) is 90.1 cm³/mol. The van der Waals surface area contributed by atoms with E-state index in [9.17, 15) is 4.79 Å². The molecular weight excluding hydrogens is 292 g/mol. The van der Waals surface area contributed by atoms with Gasteiger partial charge >= 0.3 is 5.97 Å². The van der Waals surface area contributed by atoms with Crippen LogP contribution < -0.4 is 0 Å². The van der Waals surface area contributed by atoms with E-state index in [0.717, 1.165) is 0 Å². The van der Waals surface area contributed by atoms with E-state index < -0.39 is 5.60 Å². The Balaban J connectivity index is 2.40. The molecule has 1 saturated heterocycles. The zero-order valence-corrected chi connectivity index (χ0v) is 15.8. The van der Waals surface area contributed by atoms with Crippen molar-refractivity contribution in [1.82, 2.24) is 0 Å². The molecule has 1 aliphatic heterocycles. The fourth-order valence-electron chi connectivity index (χ4n) is 3.42. The second-order valence-electron chi connectivity index (χ2n) is 8.33. The van der Waals surface area contributed by atoms with Gasteiger partial charge in [0.05, 0.1) is 30.5 Å². The normalized spacial score (nSPS) is 33.6. The van der Waals surface area contributed by atoms with E-state index in [1.807, 2.05) is 0 Å². The molecule has 1 aliphatic carbocycles. The van der Waals surface area contributed by atoms with Gasteiger partial charge in [0, 0.05) is 17.9 Å². The van der Waals surface area contributed by atoms with Crippen LogP contribution in [0, 0.1) is 17.8 Å². The summed E-state index contributed by atoms with van der Waals surface area (Å²) >= 11 is 0. The largest absolute Gasteiger partial charge is 0.466 e. The van der Waals surface area contributed by atoms with Crippen molar-refractivity contribution in [3.63, 3.8) is 0 Å². The SMILES string of the molecule is COC(=O)C1=C[C@@H](C(C)C(C)C)[C@H]2OC(C)(C)C(C)(C)O[C@@H]2C1. The summed E-state index contributed by atoms with van der Waals surface area (Å²) in [5, 5.41) is 0. The van der Waals surface area contributed by atoms with Crippen LogP contribution in [0.2, 0.25) is 0 Å². The molecule has 0 aromatic rings. The third-order valence-electron chi connectivity index (χ3n) is 5.99. The molecule has 0 N–H and O–H groups in total. The fourth-order valence-corrected chi connectivity index (χ4v) is 3.42. The summed E-state index contributed by atoms with van der Waals surface area (Å²) in [7, 11) is 1.43. The number of rotatable bonds is 3. The molecule has 1 unspecified atom stereocenters. The molecule has 0 radical (unpaired) electrons. The minimum Gasteiger partial charge on any atom is -0.466 e. The Morgan fingerprint density at radius 1 is 1.17 bits per heavy atom. The highest BCUT2D eigenvalue weighted by atomic mass is 16.6. The molecule has 1 heterocycles. The van der Waals surface area contributed by atoms with E-state index in [0.29, 0.717) is 23.8 Å². The first-order valence-electron chi connectivity index (χ1n) is 8.65. The van der Waals surface area contributed by atoms with Gasteiger partial charge in [0.2, 0.25) is 0 Å². The molecule has 132 valence electrons. The Labute approximate surface area is 140 Å². The van der Waals surface area contributed by atoms with Gasteiger partial charge in [-0.1, -0.05) is 26.8 Å². The Hall–Kier alpha value is -0.870. The number of fused-ring (bicyclic) bond motifs is 1. The summed E-state index contributed by atoms with van der Waals surface area (Å²) < 4.78 is 17.9. The van der Waals surface area contributed by atoms with Crippen LogP contribution in [0.15, 0.2) is 11.6 Å². The first kappa shape index (κ1) is 18.5. The second kappa shape index (κ2) is 6.21. The molecule has 4 nitrogen and oxygen atoms in total. The topological polar surface area (TPSA) is 44.8 Å². The molecule has 2 aliphatic rings. The van der Waals surface area contributed by atoms with Crippen molar-refractivity contribution in [3.05, 3.63) is 11.6 Å². The van der Waals surface area contributed by atoms with Crippen LogP contribution in [0.5, 0.6) is 0 Å². The van der Waals surface area contributed by atoms with E-state index in [4.69, 9.17) is 14.2 Å². The first-order chi connectivity index (χ1) is 10.5. The summed E-state index contributed by atoms with van der Waals surface area (Å²) in [5.74, 6) is 0.785. The first-order valence-corrected chi connectivity index (χ1v) is 8.65. The van der Waals surface area contributed by atoms with Crippen molar-refractivity contribution >= 4 is 5.97 Å². The maximum absolute atomic E-state index is 12.1. The molecule has 0 aromatic carbocycles. The predicted octanol–water partition coefficient (Wildman–Crippen LogP) is 3.74. The van der Waals surface area contributed by atoms with E-state index in [1.54, 1.807) is 0 Å². The number of carbonyl (C=O) groups excluding carboxylic acids is 1. The van der Waals surface area contributed by atoms with Crippen LogP contribution in [0.3, 0.4) is 0 Å². The van der Waals surface area contributed by atoms with Crippen LogP contribution >= 0.6 is 0 Å². The maximum Gasteiger partial charge on any atom is 0.333 e. The Morgan fingerprint density at radius 3 is 2.26 bits per heavy atom. The summed E-state index contributed by atoms with van der Waals surface area (Å²) in [5.41, 5.74) is -0.0664. The molecule has 0 aromatic heterocycles. The van der Waals surface area contributed by atoms with Gasteiger partial charge in [-0.25, -0.2) is 4.79 Å². The molecule has 0 saturated carbocycles. The van der Waals surface area contributed by atoms with Crippen LogP contribution in [-0.4, -0.2) is 36.5 Å². The molecule has 1 fully saturated rings. The summed E-state index contributed by atoms with van der Waals surface area (Å²) in [6.07, 6.45) is 2.49. The van der Waals surface area contributed by atoms with Crippen molar-refractivity contribution in [2.45, 2.75) is 78.3 Å². The van der Waals surface area contributed by atoms with Crippen molar-refractivity contribution in [2.75, 3.05) is 7.11 Å². The third kappa shape index (κ3) is 3.34. The Bertz CT molecular complexity index is 490. The van der Waals surface area contributed by atoms with Crippen molar-refractivity contribution in [1.29, 1.82) is 0 Å². The van der Waals surface area contributed by atoms with Gasteiger partial charge in [0.25, 0.3) is 0 Å². The van der Waals surface area contributed by atoms with Crippen molar-refractivity contribution in [3.8, 4) is 0 Å². The number of hydrogen-bond acceptors (Lipinski definition) is 4. The fraction of sp³-hybridized carbons (Fsp3) is 0.842. The highest BCUT2D eigenvalue weighted by molar-refractivity contribution is 5.88. The Kier molecular flexibility index (Phi) is 4.99. The van der Waals surface area contributed by atoms with E-state index >= 15 is 0 Å². The summed E-state index contributed by atoms with van der Waals surface area (Å²) in [6.45, 7) is 14.9. The van der Waals surface area contributed by atoms with Gasteiger partial charge < -0.3 is 14.2 Å². The molecule has 0 spiro atoms. The molecule has 23 heavy (non-hydrogen) atoms. The number of carbonyl (C=O) groups is 1. The molecule has 4 atom stereocenters. The lowest BCUT2D eigenvalue weighted by Crippen LogP contribution is -2.63.